The second-order valence-corrected chi connectivity index (χ2v) is 19.7. The van der Waals surface area contributed by atoms with Crippen LogP contribution < -0.4 is 29.6 Å². The average Bonchev–Trinajstić information content (AvgIpc) is 3.35. The summed E-state index contributed by atoms with van der Waals surface area (Å²) in [5.74, 6) is 1.64. The van der Waals surface area contributed by atoms with E-state index >= 15 is 0 Å². The molecule has 0 amide bonds. The van der Waals surface area contributed by atoms with Crippen molar-refractivity contribution in [2.24, 2.45) is 5.41 Å². The van der Waals surface area contributed by atoms with Crippen LogP contribution in [0, 0.1) is 15.5 Å². The summed E-state index contributed by atoms with van der Waals surface area (Å²) in [6.07, 6.45) is 0.284. The van der Waals surface area contributed by atoms with Crippen molar-refractivity contribution in [3.63, 3.8) is 0 Å². The van der Waals surface area contributed by atoms with Crippen LogP contribution in [0.2, 0.25) is 0 Å². The van der Waals surface area contributed by atoms with Gasteiger partial charge in [-0.1, -0.05) is 53.7 Å². The van der Waals surface area contributed by atoms with E-state index in [1.165, 1.54) is 7.11 Å². The lowest BCUT2D eigenvalue weighted by Gasteiger charge is -2.38. The van der Waals surface area contributed by atoms with Gasteiger partial charge in [-0.2, -0.15) is 0 Å². The highest BCUT2D eigenvalue weighted by atomic mass is 31.2. The summed E-state index contributed by atoms with van der Waals surface area (Å²) in [5, 5.41) is 11.5. The second kappa shape index (κ2) is 10.5. The number of ether oxygens (including phenoxy) is 4. The van der Waals surface area contributed by atoms with Crippen molar-refractivity contribution in [3.8, 4) is 23.0 Å². The zero-order valence-electron chi connectivity index (χ0n) is 24.6. The van der Waals surface area contributed by atoms with E-state index < -0.39 is 30.7 Å². The minimum absolute atomic E-state index is 0.284. The van der Waals surface area contributed by atoms with E-state index in [0.717, 1.165) is 5.30 Å². The summed E-state index contributed by atoms with van der Waals surface area (Å²) >= 11 is 0. The van der Waals surface area contributed by atoms with Crippen molar-refractivity contribution in [1.82, 2.24) is 0 Å². The molecule has 9 nitrogen and oxygen atoms in total. The highest BCUT2D eigenvalue weighted by Crippen LogP contribution is 2.70. The van der Waals surface area contributed by atoms with E-state index in [1.807, 2.05) is 59.7 Å². The smallest absolute Gasteiger partial charge is 0.212 e. The van der Waals surface area contributed by atoms with Crippen LogP contribution in [0.5, 0.6) is 23.0 Å². The maximum absolute atomic E-state index is 14.2. The summed E-state index contributed by atoms with van der Waals surface area (Å²) in [5.41, 5.74) is -0.879. The first-order valence-electron chi connectivity index (χ1n) is 12.8. The number of benzene rings is 2. The fraction of sp³-hybridized carbons (Fsp3) is 0.571. The van der Waals surface area contributed by atoms with Gasteiger partial charge in [0.05, 0.1) is 30.2 Å². The zero-order valence-corrected chi connectivity index (χ0v) is 26.4. The van der Waals surface area contributed by atoms with Crippen LogP contribution in [0.1, 0.15) is 55.4 Å². The van der Waals surface area contributed by atoms with Gasteiger partial charge in [0.25, 0.3) is 0 Å². The number of nitro groups is 1. The first-order valence-corrected chi connectivity index (χ1v) is 16.5. The highest BCUT2D eigenvalue weighted by Gasteiger charge is 2.60. The lowest BCUT2D eigenvalue weighted by Crippen LogP contribution is -2.42. The first-order chi connectivity index (χ1) is 17.8. The Morgan fingerprint density at radius 1 is 0.872 bits per heavy atom. The molecule has 2 aromatic carbocycles. The van der Waals surface area contributed by atoms with Gasteiger partial charge in [-0.3, -0.25) is 10.1 Å². The van der Waals surface area contributed by atoms with Crippen molar-refractivity contribution < 1.29 is 33.0 Å². The summed E-state index contributed by atoms with van der Waals surface area (Å²) in [7, 11) is -2.56. The Bertz CT molecular complexity index is 1340. The molecule has 11 heteroatoms. The molecule has 0 aliphatic carbocycles. The number of fused-ring (bicyclic) bond motifs is 2. The molecule has 3 atom stereocenters. The fourth-order valence-electron chi connectivity index (χ4n) is 5.04. The molecule has 2 aromatic rings. The van der Waals surface area contributed by atoms with Gasteiger partial charge < -0.3 is 28.1 Å². The third-order valence-corrected chi connectivity index (χ3v) is 15.7. The van der Waals surface area contributed by atoms with Gasteiger partial charge in [0.1, 0.15) is 29.3 Å². The van der Waals surface area contributed by atoms with Crippen LogP contribution in [0.25, 0.3) is 0 Å². The van der Waals surface area contributed by atoms with E-state index in [2.05, 4.69) is 0 Å². The quantitative estimate of drug-likeness (QED) is 0.228. The first kappa shape index (κ1) is 31.0. The molecule has 0 bridgehead atoms. The van der Waals surface area contributed by atoms with E-state index in [0.29, 0.717) is 28.3 Å². The molecule has 0 N–H and O–H groups in total. The Labute approximate surface area is 231 Å². The van der Waals surface area contributed by atoms with Crippen LogP contribution in [0.3, 0.4) is 0 Å². The van der Waals surface area contributed by atoms with Gasteiger partial charge in [-0.15, -0.1) is 0 Å². The number of nitrogens with zero attached hydrogens (tertiary/aromatic N) is 1. The summed E-state index contributed by atoms with van der Waals surface area (Å²) in [6.45, 7) is 14.8. The van der Waals surface area contributed by atoms with E-state index in [1.54, 1.807) is 39.2 Å². The maximum atomic E-state index is 14.2. The van der Waals surface area contributed by atoms with Crippen LogP contribution in [0.4, 0.5) is 0 Å². The number of methoxy groups -OCH3 is 2. The molecular formula is C28H41NO8P2. The Morgan fingerprint density at radius 2 is 1.38 bits per heavy atom. The van der Waals surface area contributed by atoms with Crippen LogP contribution in [0.15, 0.2) is 36.4 Å². The molecule has 2 heterocycles. The molecule has 0 saturated carbocycles. The van der Waals surface area contributed by atoms with Crippen molar-refractivity contribution in [1.29, 1.82) is 0 Å². The Hall–Kier alpha value is -2.50. The normalized spacial score (nSPS) is 23.9. The molecule has 39 heavy (non-hydrogen) atoms. The second-order valence-electron chi connectivity index (χ2n) is 12.6. The van der Waals surface area contributed by atoms with Crippen molar-refractivity contribution in [2.45, 2.75) is 71.5 Å². The molecule has 2 aliphatic rings. The SMILES string of the molecule is COc1cccc2c1[P@](=O)(C(C)(C)C)CO2.COc1cccc2c1[P@](=O)(C(C)(C)C)[C@@H](C(C)(C)C[N+](=O)[O-])O2. The average molecular weight is 582 g/mol. The Morgan fingerprint density at radius 3 is 1.85 bits per heavy atom. The lowest BCUT2D eigenvalue weighted by atomic mass is 9.94. The standard InChI is InChI=1S/C16H24NO5P.C12H17O3P/c1-15(2,3)23(20)13-11(21-6)8-7-9-12(13)22-14(23)16(4,5)10-17(18)19;1-12(2,3)16(13)8-15-10-7-5-6-9(14-4)11(10)16/h7-9,14H,10H2,1-6H3;5-7H,8H2,1-4H3/t14-,23+;16-/m00/s1. The van der Waals surface area contributed by atoms with E-state index in [4.69, 9.17) is 18.9 Å². The van der Waals surface area contributed by atoms with Gasteiger partial charge in [0, 0.05) is 15.2 Å². The van der Waals surface area contributed by atoms with E-state index in [-0.39, 0.29) is 23.0 Å². The Balaban J connectivity index is 0.000000230. The topological polar surface area (TPSA) is 114 Å². The van der Waals surface area contributed by atoms with Gasteiger partial charge in [0.15, 0.2) is 20.1 Å². The van der Waals surface area contributed by atoms with Gasteiger partial charge in [0.2, 0.25) is 6.54 Å². The largest absolute Gasteiger partial charge is 0.496 e. The number of rotatable bonds is 5. The molecule has 216 valence electrons. The van der Waals surface area contributed by atoms with Crippen molar-refractivity contribution in [3.05, 3.63) is 46.5 Å². The minimum atomic E-state index is -3.14. The lowest BCUT2D eigenvalue weighted by molar-refractivity contribution is -0.497. The molecule has 0 saturated heterocycles. The number of hydrogen-bond donors (Lipinski definition) is 0. The summed E-state index contributed by atoms with van der Waals surface area (Å²) in [4.78, 5) is 10.7. The molecule has 4 rings (SSSR count). The van der Waals surface area contributed by atoms with Gasteiger partial charge >= 0.3 is 0 Å². The van der Waals surface area contributed by atoms with E-state index in [9.17, 15) is 19.2 Å². The maximum Gasteiger partial charge on any atom is 0.212 e. The van der Waals surface area contributed by atoms with Gasteiger partial charge in [-0.25, -0.2) is 0 Å². The molecular weight excluding hydrogens is 540 g/mol. The molecule has 2 aliphatic heterocycles. The predicted molar refractivity (Wildman–Crippen MR) is 156 cm³/mol. The monoisotopic (exact) mass is 581 g/mol. The predicted octanol–water partition coefficient (Wildman–Crippen LogP) is 6.34. The third-order valence-electron chi connectivity index (χ3n) is 7.31. The van der Waals surface area contributed by atoms with Crippen LogP contribution in [-0.4, -0.2) is 48.2 Å². The molecule has 0 unspecified atom stereocenters. The molecule has 0 radical (unpaired) electrons. The van der Waals surface area contributed by atoms with Crippen molar-refractivity contribution in [2.75, 3.05) is 27.1 Å². The van der Waals surface area contributed by atoms with Crippen LogP contribution >= 0.6 is 14.3 Å². The molecule has 0 fully saturated rings. The fourth-order valence-corrected chi connectivity index (χ4v) is 11.5. The van der Waals surface area contributed by atoms with Crippen molar-refractivity contribution >= 4 is 24.9 Å². The zero-order chi connectivity index (χ0) is 29.6. The highest BCUT2D eigenvalue weighted by molar-refractivity contribution is 7.74. The molecule has 0 spiro atoms. The third kappa shape index (κ3) is 5.32. The number of hydrogen-bond acceptors (Lipinski definition) is 8. The van der Waals surface area contributed by atoms with Crippen LogP contribution in [-0.2, 0) is 9.13 Å². The minimum Gasteiger partial charge on any atom is -0.496 e. The summed E-state index contributed by atoms with van der Waals surface area (Å²) in [6, 6.07) is 10.8. The van der Waals surface area contributed by atoms with Gasteiger partial charge in [-0.05, 0) is 38.1 Å². The molecule has 0 aromatic heterocycles. The Kier molecular flexibility index (Phi) is 8.34. The summed E-state index contributed by atoms with van der Waals surface area (Å²) < 4.78 is 49.4.